The zero-order chi connectivity index (χ0) is 17.9. The van der Waals surface area contributed by atoms with Crippen LogP contribution in [-0.4, -0.2) is 20.3 Å². The van der Waals surface area contributed by atoms with E-state index in [4.69, 9.17) is 0 Å². The molecule has 0 aliphatic carbocycles. The number of carbonyl (C=O) groups is 1. The summed E-state index contributed by atoms with van der Waals surface area (Å²) in [4.78, 5) is 21.3. The van der Waals surface area contributed by atoms with Crippen LogP contribution in [0.25, 0.3) is 16.9 Å². The van der Waals surface area contributed by atoms with Crippen molar-refractivity contribution in [3.05, 3.63) is 90.3 Å². The molecule has 128 valence electrons. The minimum absolute atomic E-state index is 0.295. The predicted molar refractivity (Wildman–Crippen MR) is 96.0 cm³/mol. The number of hydrogen-bond acceptors (Lipinski definition) is 3. The second-order valence-electron chi connectivity index (χ2n) is 5.79. The zero-order valence-corrected chi connectivity index (χ0v) is 13.8. The number of benzene rings is 1. The van der Waals surface area contributed by atoms with Crippen LogP contribution in [0.1, 0.15) is 16.1 Å². The number of amides is 1. The van der Waals surface area contributed by atoms with Crippen LogP contribution in [-0.2, 0) is 6.54 Å². The lowest BCUT2D eigenvalue weighted by molar-refractivity contribution is 0.0947. The molecule has 0 saturated heterocycles. The lowest BCUT2D eigenvalue weighted by Gasteiger charge is -2.07. The molecule has 0 atom stereocenters. The van der Waals surface area contributed by atoms with Crippen molar-refractivity contribution in [3.63, 3.8) is 0 Å². The average molecular weight is 346 g/mol. The fourth-order valence-electron chi connectivity index (χ4n) is 2.81. The first-order valence-corrected chi connectivity index (χ1v) is 8.12. The molecule has 0 spiro atoms. The standard InChI is InChI=1S/C20H15FN4O/c21-16-8-6-15(7-9-16)19-18(24-17-5-1-2-11-25(17)19)20(26)23-13-14-4-3-10-22-12-14/h1-12H,13H2,(H,23,26). The first-order valence-electron chi connectivity index (χ1n) is 8.12. The Labute approximate surface area is 149 Å². The highest BCUT2D eigenvalue weighted by molar-refractivity contribution is 5.99. The highest BCUT2D eigenvalue weighted by Crippen LogP contribution is 2.25. The van der Waals surface area contributed by atoms with Crippen LogP contribution in [0, 0.1) is 5.82 Å². The second-order valence-corrected chi connectivity index (χ2v) is 5.79. The van der Waals surface area contributed by atoms with Crippen molar-refractivity contribution < 1.29 is 9.18 Å². The summed E-state index contributed by atoms with van der Waals surface area (Å²) in [6, 6.07) is 15.3. The van der Waals surface area contributed by atoms with Crippen LogP contribution in [0.15, 0.2) is 73.2 Å². The predicted octanol–water partition coefficient (Wildman–Crippen LogP) is 3.47. The Kier molecular flexibility index (Phi) is 4.15. The van der Waals surface area contributed by atoms with E-state index in [0.29, 0.717) is 23.6 Å². The van der Waals surface area contributed by atoms with E-state index in [0.717, 1.165) is 11.1 Å². The summed E-state index contributed by atoms with van der Waals surface area (Å²) < 4.78 is 15.1. The van der Waals surface area contributed by atoms with E-state index >= 15 is 0 Å². The molecule has 0 aliphatic heterocycles. The lowest BCUT2D eigenvalue weighted by Crippen LogP contribution is -2.23. The summed E-state index contributed by atoms with van der Waals surface area (Å²) in [5.74, 6) is -0.623. The van der Waals surface area contributed by atoms with Gasteiger partial charge in [-0.05, 0) is 48.0 Å². The molecule has 0 aliphatic rings. The van der Waals surface area contributed by atoms with Gasteiger partial charge in [0.05, 0.1) is 5.69 Å². The Balaban J connectivity index is 1.73. The summed E-state index contributed by atoms with van der Waals surface area (Å²) in [5.41, 5.74) is 3.19. The molecular formula is C20H15FN4O. The molecule has 6 heteroatoms. The van der Waals surface area contributed by atoms with Crippen molar-refractivity contribution in [3.8, 4) is 11.3 Å². The molecule has 1 N–H and O–H groups in total. The summed E-state index contributed by atoms with van der Waals surface area (Å²) in [7, 11) is 0. The highest BCUT2D eigenvalue weighted by Gasteiger charge is 2.20. The van der Waals surface area contributed by atoms with E-state index in [1.165, 1.54) is 12.1 Å². The molecule has 0 saturated carbocycles. The Hall–Kier alpha value is -3.54. The first kappa shape index (κ1) is 16.0. The number of halogens is 1. The van der Waals surface area contributed by atoms with E-state index < -0.39 is 0 Å². The van der Waals surface area contributed by atoms with Gasteiger partial charge in [-0.25, -0.2) is 9.37 Å². The third-order valence-corrected chi connectivity index (χ3v) is 4.04. The highest BCUT2D eigenvalue weighted by atomic mass is 19.1. The van der Waals surface area contributed by atoms with E-state index in [1.807, 2.05) is 40.9 Å². The third kappa shape index (κ3) is 3.04. The number of hydrogen-bond donors (Lipinski definition) is 1. The maximum atomic E-state index is 13.3. The summed E-state index contributed by atoms with van der Waals surface area (Å²) in [5, 5.41) is 2.87. The van der Waals surface area contributed by atoms with Gasteiger partial charge in [-0.15, -0.1) is 0 Å². The van der Waals surface area contributed by atoms with Gasteiger partial charge in [0.2, 0.25) is 0 Å². The number of aromatic nitrogens is 3. The van der Waals surface area contributed by atoms with Crippen LogP contribution in [0.4, 0.5) is 4.39 Å². The Bertz CT molecular complexity index is 1060. The molecule has 1 aromatic carbocycles. The van der Waals surface area contributed by atoms with E-state index in [-0.39, 0.29) is 11.7 Å². The minimum Gasteiger partial charge on any atom is -0.346 e. The molecule has 3 aromatic heterocycles. The maximum Gasteiger partial charge on any atom is 0.272 e. The van der Waals surface area contributed by atoms with Crippen molar-refractivity contribution in [2.75, 3.05) is 0 Å². The largest absolute Gasteiger partial charge is 0.346 e. The monoisotopic (exact) mass is 346 g/mol. The topological polar surface area (TPSA) is 59.3 Å². The fraction of sp³-hybridized carbons (Fsp3) is 0.0500. The van der Waals surface area contributed by atoms with Gasteiger partial charge in [0.15, 0.2) is 5.69 Å². The molecule has 3 heterocycles. The van der Waals surface area contributed by atoms with Gasteiger partial charge in [-0.2, -0.15) is 0 Å². The van der Waals surface area contributed by atoms with Crippen LogP contribution < -0.4 is 5.32 Å². The molecule has 0 radical (unpaired) electrons. The lowest BCUT2D eigenvalue weighted by atomic mass is 10.1. The normalized spacial score (nSPS) is 10.8. The number of carbonyl (C=O) groups excluding carboxylic acids is 1. The van der Waals surface area contributed by atoms with Gasteiger partial charge in [0.1, 0.15) is 11.5 Å². The number of rotatable bonds is 4. The van der Waals surface area contributed by atoms with Crippen molar-refractivity contribution in [1.29, 1.82) is 0 Å². The second kappa shape index (κ2) is 6.76. The molecule has 5 nitrogen and oxygen atoms in total. The van der Waals surface area contributed by atoms with E-state index in [9.17, 15) is 9.18 Å². The molecular weight excluding hydrogens is 331 g/mol. The molecule has 0 bridgehead atoms. The van der Waals surface area contributed by atoms with Crippen LogP contribution in [0.5, 0.6) is 0 Å². The summed E-state index contributed by atoms with van der Waals surface area (Å²) in [6.07, 6.45) is 5.21. The van der Waals surface area contributed by atoms with Crippen molar-refractivity contribution >= 4 is 11.6 Å². The SMILES string of the molecule is O=C(NCc1cccnc1)c1nc2ccccn2c1-c1ccc(F)cc1. The van der Waals surface area contributed by atoms with Gasteiger partial charge in [-0.3, -0.25) is 14.2 Å². The first-order chi connectivity index (χ1) is 12.7. The Morgan fingerprint density at radius 3 is 2.69 bits per heavy atom. The van der Waals surface area contributed by atoms with Gasteiger partial charge >= 0.3 is 0 Å². The maximum absolute atomic E-state index is 13.3. The molecule has 26 heavy (non-hydrogen) atoms. The number of pyridine rings is 2. The smallest absolute Gasteiger partial charge is 0.272 e. The van der Waals surface area contributed by atoms with E-state index in [2.05, 4.69) is 15.3 Å². The minimum atomic E-state index is -0.329. The Morgan fingerprint density at radius 1 is 1.08 bits per heavy atom. The molecule has 4 rings (SSSR count). The van der Waals surface area contributed by atoms with Crippen molar-refractivity contribution in [1.82, 2.24) is 19.7 Å². The van der Waals surface area contributed by atoms with E-state index in [1.54, 1.807) is 24.5 Å². The number of imidazole rings is 1. The zero-order valence-electron chi connectivity index (χ0n) is 13.8. The van der Waals surface area contributed by atoms with Gasteiger partial charge in [-0.1, -0.05) is 12.1 Å². The molecule has 1 amide bonds. The van der Waals surface area contributed by atoms with Gasteiger partial charge in [0, 0.05) is 30.7 Å². The van der Waals surface area contributed by atoms with Gasteiger partial charge in [0.25, 0.3) is 5.91 Å². The molecule has 0 fully saturated rings. The van der Waals surface area contributed by atoms with Crippen LogP contribution >= 0.6 is 0 Å². The number of fused-ring (bicyclic) bond motifs is 1. The summed E-state index contributed by atoms with van der Waals surface area (Å²) >= 11 is 0. The average Bonchev–Trinajstić information content (AvgIpc) is 3.07. The van der Waals surface area contributed by atoms with Gasteiger partial charge < -0.3 is 5.32 Å². The summed E-state index contributed by atoms with van der Waals surface area (Å²) in [6.45, 7) is 0.351. The number of nitrogens with one attached hydrogen (secondary N) is 1. The quantitative estimate of drug-likeness (QED) is 0.616. The third-order valence-electron chi connectivity index (χ3n) is 4.04. The fourth-order valence-corrected chi connectivity index (χ4v) is 2.81. The number of nitrogens with zero attached hydrogens (tertiary/aromatic N) is 3. The Morgan fingerprint density at radius 2 is 1.92 bits per heavy atom. The molecule has 4 aromatic rings. The van der Waals surface area contributed by atoms with Crippen molar-refractivity contribution in [2.45, 2.75) is 6.54 Å². The molecule has 0 unspecified atom stereocenters. The van der Waals surface area contributed by atoms with Crippen LogP contribution in [0.3, 0.4) is 0 Å². The van der Waals surface area contributed by atoms with Crippen molar-refractivity contribution in [2.24, 2.45) is 0 Å². The van der Waals surface area contributed by atoms with Crippen LogP contribution in [0.2, 0.25) is 0 Å².